The van der Waals surface area contributed by atoms with Crippen LogP contribution in [0.1, 0.15) is 4.88 Å². The van der Waals surface area contributed by atoms with Crippen molar-refractivity contribution >= 4 is 40.5 Å². The molecule has 0 atom stereocenters. The summed E-state index contributed by atoms with van der Waals surface area (Å²) < 4.78 is 0. The smallest absolute Gasteiger partial charge is 0.142 e. The number of hydrogen-bond acceptors (Lipinski definition) is 3. The molecule has 0 saturated heterocycles. The number of hydrogen-bond donors (Lipinski definition) is 0. The lowest BCUT2D eigenvalue weighted by atomic mass is 10.4. The molecule has 0 aliphatic carbocycles. The van der Waals surface area contributed by atoms with E-state index in [1.165, 1.54) is 11.3 Å². The summed E-state index contributed by atoms with van der Waals surface area (Å²) in [5, 5.41) is 2.40. The molecular formula is C7H7ClN2S. The van der Waals surface area contributed by atoms with Gasteiger partial charge in [-0.3, -0.25) is 9.98 Å². The highest BCUT2D eigenvalue weighted by molar-refractivity contribution is 7.14. The van der Waals surface area contributed by atoms with Crippen LogP contribution in [-0.2, 0) is 0 Å². The summed E-state index contributed by atoms with van der Waals surface area (Å²) in [5.74, 6) is 0. The van der Waals surface area contributed by atoms with Crippen molar-refractivity contribution in [1.29, 1.82) is 0 Å². The molecule has 0 bridgehead atoms. The average molecular weight is 187 g/mol. The van der Waals surface area contributed by atoms with Gasteiger partial charge in [0.1, 0.15) is 5.17 Å². The van der Waals surface area contributed by atoms with E-state index in [0.29, 0.717) is 5.17 Å². The first-order chi connectivity index (χ1) is 5.29. The number of aliphatic imine (C=N–C) groups is 2. The molecule has 1 heterocycles. The van der Waals surface area contributed by atoms with Crippen molar-refractivity contribution in [2.75, 3.05) is 7.05 Å². The first-order valence-electron chi connectivity index (χ1n) is 2.96. The van der Waals surface area contributed by atoms with Crippen molar-refractivity contribution in [2.24, 2.45) is 9.98 Å². The van der Waals surface area contributed by atoms with Crippen LogP contribution in [0.5, 0.6) is 0 Å². The molecular weight excluding hydrogens is 180 g/mol. The second kappa shape index (κ2) is 3.64. The van der Waals surface area contributed by atoms with Crippen molar-refractivity contribution < 1.29 is 0 Å². The predicted molar refractivity (Wildman–Crippen MR) is 51.8 cm³/mol. The molecule has 0 amide bonds. The minimum atomic E-state index is 0.488. The summed E-state index contributed by atoms with van der Waals surface area (Å²) in [6.07, 6.45) is 0. The van der Waals surface area contributed by atoms with Gasteiger partial charge >= 0.3 is 0 Å². The van der Waals surface area contributed by atoms with Crippen molar-refractivity contribution in [2.45, 2.75) is 0 Å². The van der Waals surface area contributed by atoms with Crippen LogP contribution in [0.2, 0.25) is 0 Å². The summed E-state index contributed by atoms with van der Waals surface area (Å²) in [6, 6.07) is 1.86. The van der Waals surface area contributed by atoms with Crippen molar-refractivity contribution in [3.05, 3.63) is 16.3 Å². The maximum atomic E-state index is 5.79. The highest BCUT2D eigenvalue weighted by atomic mass is 35.5. The Kier molecular flexibility index (Phi) is 2.79. The van der Waals surface area contributed by atoms with Gasteiger partial charge in [0, 0.05) is 7.05 Å². The highest BCUT2D eigenvalue weighted by Crippen LogP contribution is 2.26. The van der Waals surface area contributed by atoms with E-state index in [0.717, 1.165) is 10.6 Å². The van der Waals surface area contributed by atoms with Crippen LogP contribution < -0.4 is 0 Å². The molecule has 0 spiro atoms. The van der Waals surface area contributed by atoms with Gasteiger partial charge in [-0.15, -0.1) is 11.3 Å². The number of thiophene rings is 1. The van der Waals surface area contributed by atoms with E-state index in [2.05, 4.69) is 16.7 Å². The molecule has 0 aromatic carbocycles. The minimum Gasteiger partial charge on any atom is -0.275 e. The monoisotopic (exact) mass is 186 g/mol. The fraction of sp³-hybridized carbons (Fsp3) is 0.143. The summed E-state index contributed by atoms with van der Waals surface area (Å²) in [4.78, 5) is 8.52. The van der Waals surface area contributed by atoms with Crippen LogP contribution in [0.3, 0.4) is 0 Å². The van der Waals surface area contributed by atoms with E-state index in [-0.39, 0.29) is 0 Å². The lowest BCUT2D eigenvalue weighted by Gasteiger charge is -1.92. The van der Waals surface area contributed by atoms with E-state index in [9.17, 15) is 0 Å². The summed E-state index contributed by atoms with van der Waals surface area (Å²) in [7, 11) is 1.65. The van der Waals surface area contributed by atoms with Gasteiger partial charge in [-0.05, 0) is 18.2 Å². The Bertz CT molecular complexity index is 290. The first kappa shape index (κ1) is 8.43. The van der Waals surface area contributed by atoms with Crippen molar-refractivity contribution in [1.82, 2.24) is 0 Å². The fourth-order valence-electron chi connectivity index (χ4n) is 0.683. The van der Waals surface area contributed by atoms with Crippen molar-refractivity contribution in [3.8, 4) is 0 Å². The molecule has 0 saturated carbocycles. The van der Waals surface area contributed by atoms with E-state index < -0.39 is 0 Å². The first-order valence-corrected chi connectivity index (χ1v) is 4.22. The molecule has 1 rings (SSSR count). The Balaban J connectivity index is 3.12. The molecule has 0 aliphatic rings. The summed E-state index contributed by atoms with van der Waals surface area (Å²) in [5.41, 5.74) is 0.797. The van der Waals surface area contributed by atoms with Crippen LogP contribution in [-0.4, -0.2) is 18.9 Å². The summed E-state index contributed by atoms with van der Waals surface area (Å²) >= 11 is 7.30. The molecule has 4 heteroatoms. The topological polar surface area (TPSA) is 24.7 Å². The zero-order valence-corrected chi connectivity index (χ0v) is 7.61. The quantitative estimate of drug-likeness (QED) is 0.635. The molecule has 1 aromatic heterocycles. The third kappa shape index (κ3) is 1.67. The van der Waals surface area contributed by atoms with Gasteiger partial charge in [0.25, 0.3) is 0 Å². The van der Waals surface area contributed by atoms with Gasteiger partial charge in [0.05, 0.1) is 10.6 Å². The van der Waals surface area contributed by atoms with Crippen LogP contribution in [0.15, 0.2) is 21.4 Å². The zero-order valence-electron chi connectivity index (χ0n) is 6.04. The van der Waals surface area contributed by atoms with Gasteiger partial charge in [-0.2, -0.15) is 0 Å². The fourth-order valence-corrected chi connectivity index (χ4v) is 1.69. The third-order valence-corrected chi connectivity index (χ3v) is 2.58. The minimum absolute atomic E-state index is 0.488. The van der Waals surface area contributed by atoms with Gasteiger partial charge in [0.15, 0.2) is 0 Å². The average Bonchev–Trinajstić information content (AvgIpc) is 2.50. The Labute approximate surface area is 74.3 Å². The molecule has 0 aliphatic heterocycles. The van der Waals surface area contributed by atoms with Crippen molar-refractivity contribution in [3.63, 3.8) is 0 Å². The molecule has 11 heavy (non-hydrogen) atoms. The van der Waals surface area contributed by atoms with Crippen LogP contribution >= 0.6 is 22.9 Å². The molecule has 2 nitrogen and oxygen atoms in total. The SMILES string of the molecule is C=Nc1ccsc1/C(Cl)=N\C. The van der Waals surface area contributed by atoms with Gasteiger partial charge in [-0.25, -0.2) is 0 Å². The Morgan fingerprint density at radius 1 is 1.73 bits per heavy atom. The number of halogens is 1. The molecule has 0 radical (unpaired) electrons. The Morgan fingerprint density at radius 2 is 2.45 bits per heavy atom. The lowest BCUT2D eigenvalue weighted by Crippen LogP contribution is -1.84. The summed E-state index contributed by atoms with van der Waals surface area (Å²) in [6.45, 7) is 3.42. The van der Waals surface area contributed by atoms with E-state index >= 15 is 0 Å². The Hall–Kier alpha value is -0.670. The predicted octanol–water partition coefficient (Wildman–Crippen LogP) is 2.70. The van der Waals surface area contributed by atoms with E-state index in [4.69, 9.17) is 11.6 Å². The second-order valence-corrected chi connectivity index (χ2v) is 3.08. The largest absolute Gasteiger partial charge is 0.275 e. The molecule has 0 unspecified atom stereocenters. The van der Waals surface area contributed by atoms with Crippen LogP contribution in [0.25, 0.3) is 0 Å². The molecule has 0 N–H and O–H groups in total. The van der Waals surface area contributed by atoms with Gasteiger partial charge in [-0.1, -0.05) is 11.6 Å². The van der Waals surface area contributed by atoms with Gasteiger partial charge in [0.2, 0.25) is 0 Å². The standard InChI is InChI=1S/C7H7ClN2S/c1-9-5-3-4-11-6(5)7(8)10-2/h3-4H,1H2,2H3/b10-7+. The maximum Gasteiger partial charge on any atom is 0.142 e. The maximum absolute atomic E-state index is 5.79. The van der Waals surface area contributed by atoms with E-state index in [1.54, 1.807) is 7.05 Å². The normalized spacial score (nSPS) is 11.6. The number of rotatable bonds is 2. The third-order valence-electron chi connectivity index (χ3n) is 1.20. The highest BCUT2D eigenvalue weighted by Gasteiger charge is 2.05. The van der Waals surface area contributed by atoms with Crippen LogP contribution in [0.4, 0.5) is 5.69 Å². The molecule has 58 valence electrons. The lowest BCUT2D eigenvalue weighted by molar-refractivity contribution is 1.46. The molecule has 0 fully saturated rings. The Morgan fingerprint density at radius 3 is 3.00 bits per heavy atom. The zero-order chi connectivity index (χ0) is 8.27. The second-order valence-electron chi connectivity index (χ2n) is 1.81. The molecule has 1 aromatic rings. The van der Waals surface area contributed by atoms with E-state index in [1.807, 2.05) is 11.4 Å². The van der Waals surface area contributed by atoms with Gasteiger partial charge < -0.3 is 0 Å². The number of nitrogens with zero attached hydrogens (tertiary/aromatic N) is 2. The van der Waals surface area contributed by atoms with Crippen LogP contribution in [0, 0.1) is 0 Å².